The first-order valence-corrected chi connectivity index (χ1v) is 6.42. The summed E-state index contributed by atoms with van der Waals surface area (Å²) in [6, 6.07) is 2.55. The highest BCUT2D eigenvalue weighted by Crippen LogP contribution is 2.35. The number of pyridine rings is 2. The summed E-state index contributed by atoms with van der Waals surface area (Å²) in [5, 5.41) is 0.236. The Balaban J connectivity index is 2.71. The highest BCUT2D eigenvalue weighted by molar-refractivity contribution is 6.30. The second kappa shape index (κ2) is 6.65. The lowest BCUT2D eigenvalue weighted by atomic mass is 10.0. The molecule has 0 bridgehead atoms. The molecule has 2 aromatic rings. The van der Waals surface area contributed by atoms with Crippen molar-refractivity contribution in [1.82, 2.24) is 9.97 Å². The predicted molar refractivity (Wildman–Crippen MR) is 75.3 cm³/mol. The van der Waals surface area contributed by atoms with Gasteiger partial charge in [0.1, 0.15) is 11.4 Å². The van der Waals surface area contributed by atoms with Gasteiger partial charge in [-0.3, -0.25) is 4.98 Å². The molecular formula is C14H11ClF2N2O3. The second-order valence-electron chi connectivity index (χ2n) is 4.15. The lowest BCUT2D eigenvalue weighted by molar-refractivity contribution is 0.0595. The van der Waals surface area contributed by atoms with Gasteiger partial charge in [-0.2, -0.15) is 0 Å². The van der Waals surface area contributed by atoms with Crippen molar-refractivity contribution in [2.24, 2.45) is 0 Å². The Labute approximate surface area is 129 Å². The maximum atomic E-state index is 12.9. The van der Waals surface area contributed by atoms with Crippen molar-refractivity contribution in [3.63, 3.8) is 0 Å². The number of rotatable bonds is 4. The van der Waals surface area contributed by atoms with E-state index in [-0.39, 0.29) is 27.6 Å². The molecule has 0 aliphatic heterocycles. The van der Waals surface area contributed by atoms with Gasteiger partial charge in [0.05, 0.1) is 25.4 Å². The summed E-state index contributed by atoms with van der Waals surface area (Å²) in [5.41, 5.74) is -0.0630. The Hall–Kier alpha value is -2.28. The fourth-order valence-electron chi connectivity index (χ4n) is 1.86. The van der Waals surface area contributed by atoms with Crippen LogP contribution in [0.25, 0.3) is 11.1 Å². The molecule has 0 saturated carbocycles. The quantitative estimate of drug-likeness (QED) is 0.803. The average molecular weight is 329 g/mol. The normalized spacial score (nSPS) is 10.6. The molecule has 8 heteroatoms. The molecule has 2 aromatic heterocycles. The van der Waals surface area contributed by atoms with Crippen molar-refractivity contribution in [2.45, 2.75) is 6.43 Å². The van der Waals surface area contributed by atoms with Crippen molar-refractivity contribution in [3.05, 3.63) is 40.9 Å². The highest BCUT2D eigenvalue weighted by atomic mass is 35.5. The highest BCUT2D eigenvalue weighted by Gasteiger charge is 2.21. The molecule has 0 aromatic carbocycles. The molecule has 0 atom stereocenters. The van der Waals surface area contributed by atoms with Crippen LogP contribution in [0.15, 0.2) is 24.5 Å². The Morgan fingerprint density at radius 2 is 1.91 bits per heavy atom. The van der Waals surface area contributed by atoms with E-state index in [0.717, 1.165) is 12.3 Å². The molecule has 0 aliphatic carbocycles. The Morgan fingerprint density at radius 1 is 1.18 bits per heavy atom. The van der Waals surface area contributed by atoms with Crippen molar-refractivity contribution < 1.29 is 23.0 Å². The van der Waals surface area contributed by atoms with Gasteiger partial charge in [0.15, 0.2) is 5.69 Å². The van der Waals surface area contributed by atoms with Gasteiger partial charge in [-0.1, -0.05) is 11.6 Å². The molecule has 2 rings (SSSR count). The number of nitrogens with zero attached hydrogens (tertiary/aromatic N) is 2. The monoisotopic (exact) mass is 328 g/mol. The van der Waals surface area contributed by atoms with Gasteiger partial charge >= 0.3 is 5.97 Å². The third kappa shape index (κ3) is 3.14. The maximum absolute atomic E-state index is 12.9. The number of aromatic nitrogens is 2. The molecule has 22 heavy (non-hydrogen) atoms. The number of methoxy groups -OCH3 is 2. The van der Waals surface area contributed by atoms with E-state index in [1.807, 2.05) is 0 Å². The third-order valence-electron chi connectivity index (χ3n) is 2.86. The van der Waals surface area contributed by atoms with Crippen LogP contribution >= 0.6 is 11.6 Å². The molecule has 0 aliphatic rings. The smallest absolute Gasteiger partial charge is 0.357 e. The van der Waals surface area contributed by atoms with Crippen LogP contribution in [0.1, 0.15) is 22.6 Å². The molecule has 0 N–H and O–H groups in total. The van der Waals surface area contributed by atoms with Crippen LogP contribution in [-0.4, -0.2) is 30.2 Å². The molecule has 5 nitrogen and oxygen atoms in total. The maximum Gasteiger partial charge on any atom is 0.357 e. The van der Waals surface area contributed by atoms with Gasteiger partial charge in [-0.05, 0) is 12.1 Å². The first-order valence-electron chi connectivity index (χ1n) is 6.04. The van der Waals surface area contributed by atoms with Gasteiger partial charge in [0, 0.05) is 17.3 Å². The van der Waals surface area contributed by atoms with Crippen LogP contribution in [0.3, 0.4) is 0 Å². The van der Waals surface area contributed by atoms with Crippen LogP contribution in [-0.2, 0) is 4.74 Å². The SMILES string of the molecule is COC(=O)c1ncc(Cl)cc1-c1cc(C(F)F)ncc1OC. The lowest BCUT2D eigenvalue weighted by Crippen LogP contribution is -2.07. The second-order valence-corrected chi connectivity index (χ2v) is 4.59. The minimum atomic E-state index is -2.77. The van der Waals surface area contributed by atoms with Crippen LogP contribution in [0.5, 0.6) is 5.75 Å². The number of hydrogen-bond donors (Lipinski definition) is 0. The summed E-state index contributed by atoms with van der Waals surface area (Å²) in [7, 11) is 2.55. The average Bonchev–Trinajstić information content (AvgIpc) is 2.53. The van der Waals surface area contributed by atoms with Crippen molar-refractivity contribution >= 4 is 17.6 Å². The number of carbonyl (C=O) groups excluding carboxylic acids is 1. The van der Waals surface area contributed by atoms with E-state index in [0.29, 0.717) is 0 Å². The summed E-state index contributed by atoms with van der Waals surface area (Å²) >= 11 is 5.89. The van der Waals surface area contributed by atoms with Crippen LogP contribution in [0, 0.1) is 0 Å². The van der Waals surface area contributed by atoms with Crippen molar-refractivity contribution in [1.29, 1.82) is 0 Å². The van der Waals surface area contributed by atoms with E-state index in [1.165, 1.54) is 26.5 Å². The molecule has 116 valence electrons. The minimum Gasteiger partial charge on any atom is -0.494 e. The number of ether oxygens (including phenoxy) is 2. The van der Waals surface area contributed by atoms with Crippen molar-refractivity contribution in [2.75, 3.05) is 14.2 Å². The zero-order chi connectivity index (χ0) is 16.3. The Bertz CT molecular complexity index is 710. The Morgan fingerprint density at radius 3 is 2.50 bits per heavy atom. The number of hydrogen-bond acceptors (Lipinski definition) is 5. The van der Waals surface area contributed by atoms with E-state index in [4.69, 9.17) is 16.3 Å². The van der Waals surface area contributed by atoms with Crippen LogP contribution in [0.4, 0.5) is 8.78 Å². The van der Waals surface area contributed by atoms with Gasteiger partial charge in [0.2, 0.25) is 0 Å². The summed E-state index contributed by atoms with van der Waals surface area (Å²) in [6.45, 7) is 0. The number of halogens is 3. The van der Waals surface area contributed by atoms with Gasteiger partial charge in [-0.15, -0.1) is 0 Å². The topological polar surface area (TPSA) is 61.3 Å². The Kier molecular flexibility index (Phi) is 4.87. The molecule has 0 amide bonds. The van der Waals surface area contributed by atoms with E-state index in [9.17, 15) is 13.6 Å². The van der Waals surface area contributed by atoms with E-state index < -0.39 is 18.1 Å². The largest absolute Gasteiger partial charge is 0.494 e. The molecule has 0 spiro atoms. The standard InChI is InChI=1S/C14H11ClF2N2O3/c1-21-11-6-18-10(13(16)17)4-8(11)9-3-7(15)5-19-12(9)14(20)22-2/h3-6,13H,1-2H3. The number of alkyl halides is 2. The van der Waals surface area contributed by atoms with Crippen molar-refractivity contribution in [3.8, 4) is 16.9 Å². The molecule has 0 fully saturated rings. The van der Waals surface area contributed by atoms with E-state index in [1.54, 1.807) is 0 Å². The number of carbonyl (C=O) groups is 1. The molecule has 0 unspecified atom stereocenters. The zero-order valence-corrected chi connectivity index (χ0v) is 12.4. The summed E-state index contributed by atoms with van der Waals surface area (Å²) in [4.78, 5) is 19.3. The fourth-order valence-corrected chi connectivity index (χ4v) is 2.01. The van der Waals surface area contributed by atoms with Crippen LogP contribution in [0.2, 0.25) is 5.02 Å². The zero-order valence-electron chi connectivity index (χ0n) is 11.6. The first kappa shape index (κ1) is 16.1. The molecule has 2 heterocycles. The van der Waals surface area contributed by atoms with E-state index in [2.05, 4.69) is 14.7 Å². The molecular weight excluding hydrogens is 318 g/mol. The summed E-state index contributed by atoms with van der Waals surface area (Å²) in [6.07, 6.45) is -0.351. The third-order valence-corrected chi connectivity index (χ3v) is 3.06. The van der Waals surface area contributed by atoms with Gasteiger partial charge in [-0.25, -0.2) is 18.6 Å². The summed E-state index contributed by atoms with van der Waals surface area (Å²) < 4.78 is 35.5. The predicted octanol–water partition coefficient (Wildman–Crippen LogP) is 3.53. The minimum absolute atomic E-state index is 0.0587. The lowest BCUT2D eigenvalue weighted by Gasteiger charge is -2.12. The number of esters is 1. The first-order chi connectivity index (χ1) is 10.5. The fraction of sp³-hybridized carbons (Fsp3) is 0.214. The van der Waals surface area contributed by atoms with Gasteiger partial charge < -0.3 is 9.47 Å². The van der Waals surface area contributed by atoms with Crippen LogP contribution < -0.4 is 4.74 Å². The summed E-state index contributed by atoms with van der Waals surface area (Å²) in [5.74, 6) is -0.511. The molecule has 0 saturated heterocycles. The molecule has 0 radical (unpaired) electrons. The van der Waals surface area contributed by atoms with E-state index >= 15 is 0 Å². The van der Waals surface area contributed by atoms with Gasteiger partial charge in [0.25, 0.3) is 6.43 Å².